The van der Waals surface area contributed by atoms with Gasteiger partial charge in [-0.2, -0.15) is 0 Å². The molecule has 1 aliphatic carbocycles. The zero-order valence-corrected chi connectivity index (χ0v) is 12.6. The van der Waals surface area contributed by atoms with Crippen molar-refractivity contribution < 1.29 is 19.1 Å². The third-order valence-corrected chi connectivity index (χ3v) is 3.69. The number of rotatable bonds is 5. The Morgan fingerprint density at radius 2 is 1.73 bits per heavy atom. The molecule has 0 heterocycles. The number of hydrogen-bond donors (Lipinski definition) is 3. The van der Waals surface area contributed by atoms with E-state index in [4.69, 9.17) is 22.2 Å². The highest BCUT2D eigenvalue weighted by Crippen LogP contribution is 2.48. The Morgan fingerprint density at radius 1 is 1.14 bits per heavy atom. The van der Waals surface area contributed by atoms with Gasteiger partial charge in [0, 0.05) is 10.7 Å². The summed E-state index contributed by atoms with van der Waals surface area (Å²) in [4.78, 5) is 35.7. The van der Waals surface area contributed by atoms with Crippen LogP contribution in [0.1, 0.15) is 6.92 Å². The number of nitrogens with two attached hydrogens (primary N) is 1. The molecule has 3 atom stereocenters. The van der Waals surface area contributed by atoms with Gasteiger partial charge in [-0.15, -0.1) is 0 Å². The molecule has 1 aromatic rings. The molecule has 0 radical (unpaired) electrons. The number of anilines is 1. The molecule has 0 aliphatic heterocycles. The van der Waals surface area contributed by atoms with E-state index < -0.39 is 35.5 Å². The number of hydrogen-bond acceptors (Lipinski definition) is 5. The molecule has 0 unspecified atom stereocenters. The lowest BCUT2D eigenvalue weighted by molar-refractivity contribution is -0.146. The molecule has 2 rings (SSSR count). The molecule has 0 saturated heterocycles. The Kier molecular flexibility index (Phi) is 4.99. The molecule has 118 valence electrons. The van der Waals surface area contributed by atoms with Gasteiger partial charge in [-0.1, -0.05) is 11.6 Å². The van der Waals surface area contributed by atoms with E-state index in [2.05, 4.69) is 5.32 Å². The van der Waals surface area contributed by atoms with Gasteiger partial charge in [0.15, 0.2) is 0 Å². The number of esters is 1. The second-order valence-electron chi connectivity index (χ2n) is 4.83. The summed E-state index contributed by atoms with van der Waals surface area (Å²) in [6.45, 7) is 1.83. The molecule has 1 fully saturated rings. The summed E-state index contributed by atoms with van der Waals surface area (Å²) < 4.78 is 4.88. The van der Waals surface area contributed by atoms with Crippen LogP contribution in [0, 0.1) is 17.8 Å². The highest BCUT2D eigenvalue weighted by molar-refractivity contribution is 6.30. The monoisotopic (exact) mass is 325 g/mol. The van der Waals surface area contributed by atoms with Crippen molar-refractivity contribution in [3.8, 4) is 0 Å². The first-order chi connectivity index (χ1) is 10.5. The second-order valence-corrected chi connectivity index (χ2v) is 5.27. The predicted octanol–water partition coefficient (Wildman–Crippen LogP) is 0.694. The van der Waals surface area contributed by atoms with Gasteiger partial charge >= 0.3 is 5.97 Å². The molecule has 2 amide bonds. The van der Waals surface area contributed by atoms with Crippen LogP contribution in [0.4, 0.5) is 5.69 Å². The van der Waals surface area contributed by atoms with Gasteiger partial charge in [0.25, 0.3) is 0 Å². The Labute approximate surface area is 132 Å². The third kappa shape index (κ3) is 3.37. The van der Waals surface area contributed by atoms with Gasteiger partial charge in [-0.05, 0) is 31.2 Å². The summed E-state index contributed by atoms with van der Waals surface area (Å²) in [6, 6.07) is 6.49. The van der Waals surface area contributed by atoms with E-state index >= 15 is 0 Å². The van der Waals surface area contributed by atoms with Crippen molar-refractivity contribution in [2.75, 3.05) is 11.9 Å². The van der Waals surface area contributed by atoms with Crippen molar-refractivity contribution in [1.29, 1.82) is 0 Å². The fourth-order valence-corrected chi connectivity index (χ4v) is 2.48. The first-order valence-corrected chi connectivity index (χ1v) is 7.11. The summed E-state index contributed by atoms with van der Waals surface area (Å²) in [5.41, 5.74) is 2.49. The molecule has 0 bridgehead atoms. The summed E-state index contributed by atoms with van der Waals surface area (Å²) in [6.07, 6.45) is 0. The average Bonchev–Trinajstić information content (AvgIpc) is 3.25. The number of halogens is 1. The van der Waals surface area contributed by atoms with Crippen LogP contribution in [0.5, 0.6) is 0 Å². The molecule has 22 heavy (non-hydrogen) atoms. The van der Waals surface area contributed by atoms with Gasteiger partial charge in [-0.3, -0.25) is 19.8 Å². The maximum Gasteiger partial charge on any atom is 0.310 e. The van der Waals surface area contributed by atoms with E-state index in [1.807, 2.05) is 5.43 Å². The number of benzene rings is 1. The molecule has 1 aliphatic rings. The number of nitrogens with one attached hydrogen (secondary N) is 2. The first kappa shape index (κ1) is 16.3. The first-order valence-electron chi connectivity index (χ1n) is 6.73. The Morgan fingerprint density at radius 3 is 2.27 bits per heavy atom. The molecule has 0 aromatic heterocycles. The maximum absolute atomic E-state index is 12.2. The van der Waals surface area contributed by atoms with Crippen molar-refractivity contribution in [1.82, 2.24) is 5.43 Å². The molecule has 8 heteroatoms. The summed E-state index contributed by atoms with van der Waals surface area (Å²) >= 11 is 5.77. The summed E-state index contributed by atoms with van der Waals surface area (Å²) in [5, 5.41) is 3.18. The van der Waals surface area contributed by atoms with E-state index in [1.165, 1.54) is 0 Å². The van der Waals surface area contributed by atoms with Crippen molar-refractivity contribution in [2.45, 2.75) is 6.92 Å². The summed E-state index contributed by atoms with van der Waals surface area (Å²) in [7, 11) is 0. The van der Waals surface area contributed by atoms with Crippen LogP contribution in [0.3, 0.4) is 0 Å². The molecule has 7 nitrogen and oxygen atoms in total. The van der Waals surface area contributed by atoms with E-state index in [1.54, 1.807) is 31.2 Å². The van der Waals surface area contributed by atoms with Crippen LogP contribution in [-0.4, -0.2) is 24.4 Å². The van der Waals surface area contributed by atoms with Crippen LogP contribution >= 0.6 is 11.6 Å². The van der Waals surface area contributed by atoms with Crippen LogP contribution in [0.2, 0.25) is 5.02 Å². The van der Waals surface area contributed by atoms with Crippen molar-refractivity contribution in [3.05, 3.63) is 29.3 Å². The normalized spacial score (nSPS) is 22.6. The van der Waals surface area contributed by atoms with Gasteiger partial charge in [0.1, 0.15) is 0 Å². The van der Waals surface area contributed by atoms with Crippen molar-refractivity contribution >= 4 is 35.1 Å². The number of amides is 2. The topological polar surface area (TPSA) is 111 Å². The highest BCUT2D eigenvalue weighted by Gasteiger charge is 2.63. The summed E-state index contributed by atoms with van der Waals surface area (Å²) in [5.74, 6) is 1.10. The number of hydrazine groups is 1. The van der Waals surface area contributed by atoms with Crippen molar-refractivity contribution in [2.24, 2.45) is 23.6 Å². The lowest BCUT2D eigenvalue weighted by Crippen LogP contribution is -2.33. The lowest BCUT2D eigenvalue weighted by atomic mass is 10.2. The predicted molar refractivity (Wildman–Crippen MR) is 79.5 cm³/mol. The molecular formula is C14H16ClN3O4. The standard InChI is InChI=1S/C14H16ClN3O4/c1-2-22-14(21)11-9(10(11)13(20)18-16)12(19)17-8-5-3-7(15)4-6-8/h3-6,9-11H,2,16H2,1H3,(H,17,19)(H,18,20)/t9-,10+,11+/m0/s1. The highest BCUT2D eigenvalue weighted by atomic mass is 35.5. The zero-order valence-electron chi connectivity index (χ0n) is 11.8. The molecule has 1 aromatic carbocycles. The van der Waals surface area contributed by atoms with Gasteiger partial charge < -0.3 is 10.1 Å². The molecular weight excluding hydrogens is 310 g/mol. The SMILES string of the molecule is CCOC(=O)[C@H]1[C@H](C(=O)NN)[C@@H]1C(=O)Nc1ccc(Cl)cc1. The second kappa shape index (κ2) is 6.76. The molecule has 1 saturated carbocycles. The van der Waals surface area contributed by atoms with E-state index in [9.17, 15) is 14.4 Å². The molecule has 0 spiro atoms. The van der Waals surface area contributed by atoms with Crippen LogP contribution in [0.25, 0.3) is 0 Å². The Bertz CT molecular complexity index is 590. The largest absolute Gasteiger partial charge is 0.466 e. The fourth-order valence-electron chi connectivity index (χ4n) is 2.35. The number of ether oxygens (including phenoxy) is 1. The van der Waals surface area contributed by atoms with Crippen LogP contribution < -0.4 is 16.6 Å². The average molecular weight is 326 g/mol. The minimum absolute atomic E-state index is 0.178. The Balaban J connectivity index is 2.07. The maximum atomic E-state index is 12.2. The fraction of sp³-hybridized carbons (Fsp3) is 0.357. The number of carbonyl (C=O) groups excluding carboxylic acids is 3. The van der Waals surface area contributed by atoms with Gasteiger partial charge in [0.05, 0.1) is 24.4 Å². The third-order valence-electron chi connectivity index (χ3n) is 3.44. The quantitative estimate of drug-likeness (QED) is 0.319. The van der Waals surface area contributed by atoms with E-state index in [0.717, 1.165) is 0 Å². The minimum Gasteiger partial charge on any atom is -0.466 e. The van der Waals surface area contributed by atoms with E-state index in [-0.39, 0.29) is 6.61 Å². The Hall–Kier alpha value is -2.12. The smallest absolute Gasteiger partial charge is 0.310 e. The van der Waals surface area contributed by atoms with E-state index in [0.29, 0.717) is 10.7 Å². The van der Waals surface area contributed by atoms with Gasteiger partial charge in [-0.25, -0.2) is 5.84 Å². The number of carbonyl (C=O) groups is 3. The van der Waals surface area contributed by atoms with Crippen molar-refractivity contribution in [3.63, 3.8) is 0 Å². The minimum atomic E-state index is -0.809. The zero-order chi connectivity index (χ0) is 16.3. The van der Waals surface area contributed by atoms with Gasteiger partial charge in [0.2, 0.25) is 11.8 Å². The van der Waals surface area contributed by atoms with Crippen LogP contribution in [0.15, 0.2) is 24.3 Å². The van der Waals surface area contributed by atoms with Crippen LogP contribution in [-0.2, 0) is 19.1 Å². The lowest BCUT2D eigenvalue weighted by Gasteiger charge is -2.05. The molecule has 4 N–H and O–H groups in total.